The molecule has 2 aromatic rings. The van der Waals surface area contributed by atoms with E-state index >= 15 is 0 Å². The number of amides is 1. The molecule has 1 heterocycles. The van der Waals surface area contributed by atoms with Crippen LogP contribution in [0.4, 0.5) is 0 Å². The Kier molecular flexibility index (Phi) is 5.33. The molecular weight excluding hydrogens is 372 g/mol. The number of carbonyl (C=O) groups excluding carboxylic acids is 1. The van der Waals surface area contributed by atoms with Crippen LogP contribution in [0.25, 0.3) is 0 Å². The topological polar surface area (TPSA) is 117 Å². The van der Waals surface area contributed by atoms with Crippen LogP contribution >= 0.6 is 0 Å². The number of carbonyl (C=O) groups is 2. The lowest BCUT2D eigenvalue weighted by Gasteiger charge is -2.21. The maximum Gasteiger partial charge on any atom is 0.323 e. The zero-order valence-electron chi connectivity index (χ0n) is 14.7. The third kappa shape index (κ3) is 4.55. The lowest BCUT2D eigenvalue weighted by Crippen LogP contribution is -2.38. The number of hydrogen-bond acceptors (Lipinski definition) is 5. The average Bonchev–Trinajstić information content (AvgIpc) is 3.32. The van der Waals surface area contributed by atoms with Crippen LogP contribution in [0, 0.1) is 6.92 Å². The number of furan rings is 1. The summed E-state index contributed by atoms with van der Waals surface area (Å²) in [7, 11) is -3.86. The number of aryl methyl sites for hydroxylation is 1. The van der Waals surface area contributed by atoms with E-state index in [0.717, 1.165) is 12.8 Å². The van der Waals surface area contributed by atoms with Crippen LogP contribution in [0.5, 0.6) is 0 Å². The van der Waals surface area contributed by atoms with Gasteiger partial charge < -0.3 is 14.4 Å². The second-order valence-electron chi connectivity index (χ2n) is 6.44. The normalized spacial score (nSPS) is 14.1. The van der Waals surface area contributed by atoms with Crippen molar-refractivity contribution in [1.29, 1.82) is 0 Å². The molecule has 0 atom stereocenters. The first kappa shape index (κ1) is 19.1. The fourth-order valence-electron chi connectivity index (χ4n) is 2.71. The van der Waals surface area contributed by atoms with Crippen molar-refractivity contribution < 1.29 is 27.5 Å². The Balaban J connectivity index is 1.84. The lowest BCUT2D eigenvalue weighted by atomic mass is 10.1. The number of sulfonamides is 1. The van der Waals surface area contributed by atoms with Gasteiger partial charge in [-0.3, -0.25) is 9.59 Å². The monoisotopic (exact) mass is 392 g/mol. The van der Waals surface area contributed by atoms with Gasteiger partial charge in [-0.2, -0.15) is 0 Å². The fourth-order valence-corrected chi connectivity index (χ4v) is 3.73. The van der Waals surface area contributed by atoms with Crippen molar-refractivity contribution in [2.24, 2.45) is 0 Å². The number of nitrogens with one attached hydrogen (secondary N) is 1. The zero-order chi connectivity index (χ0) is 19.6. The second-order valence-corrected chi connectivity index (χ2v) is 8.21. The van der Waals surface area contributed by atoms with E-state index in [9.17, 15) is 18.0 Å². The highest BCUT2D eigenvalue weighted by atomic mass is 32.2. The van der Waals surface area contributed by atoms with Gasteiger partial charge in [-0.1, -0.05) is 6.07 Å². The minimum atomic E-state index is -3.86. The molecule has 0 saturated heterocycles. The first-order valence-electron chi connectivity index (χ1n) is 8.43. The number of rotatable bonds is 8. The molecule has 1 fully saturated rings. The number of benzene rings is 1. The maximum absolute atomic E-state index is 12.8. The van der Waals surface area contributed by atoms with Gasteiger partial charge in [0.1, 0.15) is 12.3 Å². The Morgan fingerprint density at radius 2 is 2.04 bits per heavy atom. The molecule has 1 aromatic heterocycles. The zero-order valence-corrected chi connectivity index (χ0v) is 15.5. The Bertz CT molecular complexity index is 948. The first-order chi connectivity index (χ1) is 12.8. The Morgan fingerprint density at radius 3 is 2.63 bits per heavy atom. The van der Waals surface area contributed by atoms with Crippen molar-refractivity contribution in [2.45, 2.75) is 37.2 Å². The number of carboxylic acid groups (broad SMARTS) is 1. The van der Waals surface area contributed by atoms with Gasteiger partial charge in [0, 0.05) is 11.6 Å². The van der Waals surface area contributed by atoms with Crippen LogP contribution in [-0.4, -0.2) is 42.9 Å². The second kappa shape index (κ2) is 7.53. The Hall–Kier alpha value is -2.65. The minimum Gasteiger partial charge on any atom is -0.480 e. The summed E-state index contributed by atoms with van der Waals surface area (Å²) in [6.45, 7) is 1.27. The van der Waals surface area contributed by atoms with Crippen molar-refractivity contribution in [1.82, 2.24) is 9.62 Å². The highest BCUT2D eigenvalue weighted by Gasteiger charge is 2.35. The standard InChI is InChI=1S/C18H20N2O6S/c1-12-4-7-15(27(24,25)19-10-14-3-2-8-26-14)9-16(12)18(23)20(11-17(21)22)13-5-6-13/h2-4,7-9,13,19H,5-6,10-11H2,1H3,(H,21,22). The highest BCUT2D eigenvalue weighted by Crippen LogP contribution is 2.29. The fraction of sp³-hybridized carbons (Fsp3) is 0.333. The van der Waals surface area contributed by atoms with Crippen LogP contribution in [0.3, 0.4) is 0 Å². The van der Waals surface area contributed by atoms with Crippen LogP contribution in [0.15, 0.2) is 45.9 Å². The van der Waals surface area contributed by atoms with E-state index in [2.05, 4.69) is 4.72 Å². The quantitative estimate of drug-likeness (QED) is 0.707. The molecule has 27 heavy (non-hydrogen) atoms. The summed E-state index contributed by atoms with van der Waals surface area (Å²) in [6, 6.07) is 7.44. The van der Waals surface area contributed by atoms with E-state index < -0.39 is 28.4 Å². The molecule has 2 N–H and O–H groups in total. The predicted octanol–water partition coefficient (Wildman–Crippen LogP) is 1.76. The molecule has 0 unspecified atom stereocenters. The summed E-state index contributed by atoms with van der Waals surface area (Å²) >= 11 is 0. The average molecular weight is 392 g/mol. The first-order valence-corrected chi connectivity index (χ1v) is 9.91. The van der Waals surface area contributed by atoms with Crippen molar-refractivity contribution in [3.05, 3.63) is 53.5 Å². The minimum absolute atomic E-state index is 0.0142. The lowest BCUT2D eigenvalue weighted by molar-refractivity contribution is -0.137. The van der Waals surface area contributed by atoms with Gasteiger partial charge in [0.25, 0.3) is 5.91 Å². The number of carboxylic acids is 1. The molecule has 1 aliphatic rings. The smallest absolute Gasteiger partial charge is 0.323 e. The number of aliphatic carboxylic acids is 1. The molecule has 0 aliphatic heterocycles. The summed E-state index contributed by atoms with van der Waals surface area (Å²) in [4.78, 5) is 25.1. The summed E-state index contributed by atoms with van der Waals surface area (Å²) in [5.41, 5.74) is 0.769. The molecule has 1 aromatic carbocycles. The van der Waals surface area contributed by atoms with E-state index in [1.165, 1.54) is 23.3 Å². The van der Waals surface area contributed by atoms with Gasteiger partial charge in [0.2, 0.25) is 10.0 Å². The van der Waals surface area contributed by atoms with Crippen molar-refractivity contribution in [3.8, 4) is 0 Å². The highest BCUT2D eigenvalue weighted by molar-refractivity contribution is 7.89. The Labute approximate surface area is 156 Å². The number of hydrogen-bond donors (Lipinski definition) is 2. The summed E-state index contributed by atoms with van der Waals surface area (Å²) < 4.78 is 32.6. The number of nitrogens with zero attached hydrogens (tertiary/aromatic N) is 1. The summed E-state index contributed by atoms with van der Waals surface area (Å²) in [6.07, 6.45) is 2.95. The molecule has 9 heteroatoms. The molecule has 0 bridgehead atoms. The van der Waals surface area contributed by atoms with E-state index in [4.69, 9.17) is 9.52 Å². The van der Waals surface area contributed by atoms with Crippen molar-refractivity contribution in [3.63, 3.8) is 0 Å². The van der Waals surface area contributed by atoms with Gasteiger partial charge in [-0.15, -0.1) is 0 Å². The molecular formula is C18H20N2O6S. The molecule has 8 nitrogen and oxygen atoms in total. The molecule has 1 aliphatic carbocycles. The molecule has 144 valence electrons. The van der Waals surface area contributed by atoms with E-state index in [1.54, 1.807) is 25.1 Å². The van der Waals surface area contributed by atoms with E-state index in [-0.39, 0.29) is 23.0 Å². The van der Waals surface area contributed by atoms with Gasteiger partial charge in [-0.25, -0.2) is 13.1 Å². The van der Waals surface area contributed by atoms with E-state index in [1.807, 2.05) is 0 Å². The third-order valence-corrected chi connectivity index (χ3v) is 5.72. The summed E-state index contributed by atoms with van der Waals surface area (Å²) in [5.74, 6) is -1.11. The van der Waals surface area contributed by atoms with Crippen LogP contribution in [0.1, 0.15) is 34.5 Å². The molecule has 1 saturated carbocycles. The Morgan fingerprint density at radius 1 is 1.30 bits per heavy atom. The summed E-state index contributed by atoms with van der Waals surface area (Å²) in [5, 5.41) is 9.06. The molecule has 0 spiro atoms. The molecule has 0 radical (unpaired) electrons. The third-order valence-electron chi connectivity index (χ3n) is 4.32. The van der Waals surface area contributed by atoms with Crippen molar-refractivity contribution in [2.75, 3.05) is 6.54 Å². The van der Waals surface area contributed by atoms with Gasteiger partial charge in [-0.05, 0) is 49.6 Å². The van der Waals surface area contributed by atoms with Gasteiger partial charge in [0.05, 0.1) is 17.7 Å². The molecule has 3 rings (SSSR count). The van der Waals surface area contributed by atoms with Crippen LogP contribution < -0.4 is 4.72 Å². The SMILES string of the molecule is Cc1ccc(S(=O)(=O)NCc2ccco2)cc1C(=O)N(CC(=O)O)C1CC1. The van der Waals surface area contributed by atoms with Crippen LogP contribution in [-0.2, 0) is 21.4 Å². The molecule has 1 amide bonds. The van der Waals surface area contributed by atoms with Crippen LogP contribution in [0.2, 0.25) is 0 Å². The maximum atomic E-state index is 12.8. The van der Waals surface area contributed by atoms with E-state index in [0.29, 0.717) is 11.3 Å². The predicted molar refractivity (Wildman–Crippen MR) is 95.6 cm³/mol. The van der Waals surface area contributed by atoms with Gasteiger partial charge >= 0.3 is 5.97 Å². The van der Waals surface area contributed by atoms with Crippen molar-refractivity contribution >= 4 is 21.9 Å². The largest absolute Gasteiger partial charge is 0.480 e. The van der Waals surface area contributed by atoms with Gasteiger partial charge in [0.15, 0.2) is 0 Å².